The van der Waals surface area contributed by atoms with E-state index in [1.165, 1.54) is 0 Å². The number of carbonyl (C=O) groups excluding carboxylic acids is 1. The Hall–Kier alpha value is -3.93. The molecule has 6 nitrogen and oxygen atoms in total. The van der Waals surface area contributed by atoms with E-state index < -0.39 is 5.91 Å². The van der Waals surface area contributed by atoms with Crippen LogP contribution in [0.15, 0.2) is 89.1 Å². The first-order valence-corrected chi connectivity index (χ1v) is 9.71. The minimum absolute atomic E-state index is 0.0110. The molecule has 0 aliphatic rings. The summed E-state index contributed by atoms with van der Waals surface area (Å²) >= 11 is 0. The molecule has 0 unspecified atom stereocenters. The molecule has 4 rings (SSSR count). The van der Waals surface area contributed by atoms with Crippen molar-refractivity contribution in [2.24, 2.45) is 10.2 Å². The van der Waals surface area contributed by atoms with E-state index in [1.807, 2.05) is 85.8 Å². The molecular formula is C24H22N4O2. The van der Waals surface area contributed by atoms with E-state index in [2.05, 4.69) is 15.5 Å². The topological polar surface area (TPSA) is 79.0 Å². The van der Waals surface area contributed by atoms with Crippen molar-refractivity contribution in [3.05, 3.63) is 90.0 Å². The zero-order valence-electron chi connectivity index (χ0n) is 16.6. The van der Waals surface area contributed by atoms with Gasteiger partial charge in [-0.05, 0) is 30.7 Å². The maximum absolute atomic E-state index is 12.2. The first kappa shape index (κ1) is 19.4. The van der Waals surface area contributed by atoms with E-state index in [0.29, 0.717) is 12.2 Å². The number of hydrogen-bond acceptors (Lipinski definition) is 4. The van der Waals surface area contributed by atoms with Crippen LogP contribution in [0.5, 0.6) is 5.88 Å². The SMILES string of the molecule is Cc1ccc(NCC(=O)N=Nc2c(O)n(Cc3ccccc3)c3ccccc23)cc1. The molecule has 0 bridgehead atoms. The molecule has 0 atom stereocenters. The average Bonchev–Trinajstić information content (AvgIpc) is 3.03. The van der Waals surface area contributed by atoms with E-state index in [4.69, 9.17) is 0 Å². The number of para-hydroxylation sites is 1. The van der Waals surface area contributed by atoms with Crippen molar-refractivity contribution in [2.45, 2.75) is 13.5 Å². The lowest BCUT2D eigenvalue weighted by molar-refractivity contribution is -0.116. The molecule has 4 aromatic rings. The molecule has 0 fully saturated rings. The molecular weight excluding hydrogens is 376 g/mol. The van der Waals surface area contributed by atoms with Gasteiger partial charge in [-0.1, -0.05) is 66.2 Å². The van der Waals surface area contributed by atoms with Gasteiger partial charge in [-0.2, -0.15) is 0 Å². The van der Waals surface area contributed by atoms with Gasteiger partial charge in [-0.25, -0.2) is 0 Å². The van der Waals surface area contributed by atoms with Crippen molar-refractivity contribution in [3.8, 4) is 5.88 Å². The van der Waals surface area contributed by atoms with Crippen LogP contribution in [0.2, 0.25) is 0 Å². The van der Waals surface area contributed by atoms with Crippen LogP contribution in [-0.4, -0.2) is 22.1 Å². The number of aromatic nitrogens is 1. The minimum atomic E-state index is -0.421. The van der Waals surface area contributed by atoms with Gasteiger partial charge in [0.2, 0.25) is 5.88 Å². The second-order valence-electron chi connectivity index (χ2n) is 7.07. The Kier molecular flexibility index (Phi) is 5.57. The predicted molar refractivity (Wildman–Crippen MR) is 118 cm³/mol. The number of aromatic hydroxyl groups is 1. The lowest BCUT2D eigenvalue weighted by Gasteiger charge is -2.06. The highest BCUT2D eigenvalue weighted by Gasteiger charge is 2.17. The lowest BCUT2D eigenvalue weighted by Crippen LogP contribution is -2.10. The molecule has 0 aliphatic carbocycles. The molecule has 0 radical (unpaired) electrons. The summed E-state index contributed by atoms with van der Waals surface area (Å²) < 4.78 is 1.77. The number of amides is 1. The Balaban J connectivity index is 1.55. The molecule has 1 amide bonds. The quantitative estimate of drug-likeness (QED) is 0.425. The Bertz CT molecular complexity index is 1200. The molecule has 150 valence electrons. The zero-order valence-corrected chi connectivity index (χ0v) is 16.6. The van der Waals surface area contributed by atoms with Crippen molar-refractivity contribution in [1.29, 1.82) is 0 Å². The number of azo groups is 1. The van der Waals surface area contributed by atoms with Crippen molar-refractivity contribution >= 4 is 28.2 Å². The number of hydrogen-bond donors (Lipinski definition) is 2. The second-order valence-corrected chi connectivity index (χ2v) is 7.07. The summed E-state index contributed by atoms with van der Waals surface area (Å²) in [5.41, 5.74) is 4.17. The largest absolute Gasteiger partial charge is 0.493 e. The summed E-state index contributed by atoms with van der Waals surface area (Å²) in [5, 5.41) is 22.5. The number of carbonyl (C=O) groups is 1. The zero-order chi connectivity index (χ0) is 20.9. The smallest absolute Gasteiger partial charge is 0.283 e. The normalized spacial score (nSPS) is 11.2. The molecule has 6 heteroatoms. The Morgan fingerprint density at radius 3 is 2.43 bits per heavy atom. The fourth-order valence-electron chi connectivity index (χ4n) is 3.29. The van der Waals surface area contributed by atoms with Crippen molar-refractivity contribution < 1.29 is 9.90 Å². The van der Waals surface area contributed by atoms with Crippen molar-refractivity contribution in [3.63, 3.8) is 0 Å². The molecule has 3 aromatic carbocycles. The molecule has 0 saturated carbocycles. The second kappa shape index (κ2) is 8.61. The number of rotatable bonds is 6. The predicted octanol–water partition coefficient (Wildman–Crippen LogP) is 5.43. The van der Waals surface area contributed by atoms with Crippen LogP contribution in [0, 0.1) is 6.92 Å². The third-order valence-electron chi connectivity index (χ3n) is 4.86. The van der Waals surface area contributed by atoms with Crippen LogP contribution in [0.3, 0.4) is 0 Å². The van der Waals surface area contributed by atoms with Gasteiger partial charge in [0.1, 0.15) is 0 Å². The molecule has 1 aromatic heterocycles. The summed E-state index contributed by atoms with van der Waals surface area (Å²) in [5.74, 6) is -0.432. The van der Waals surface area contributed by atoms with Gasteiger partial charge in [0.15, 0.2) is 5.69 Å². The fourth-order valence-corrected chi connectivity index (χ4v) is 3.29. The highest BCUT2D eigenvalue weighted by molar-refractivity contribution is 5.95. The fraction of sp³-hybridized carbons (Fsp3) is 0.125. The van der Waals surface area contributed by atoms with Crippen molar-refractivity contribution in [2.75, 3.05) is 11.9 Å². The van der Waals surface area contributed by atoms with E-state index in [-0.39, 0.29) is 12.4 Å². The Morgan fingerprint density at radius 1 is 0.967 bits per heavy atom. The molecule has 1 heterocycles. The van der Waals surface area contributed by atoms with E-state index >= 15 is 0 Å². The number of nitrogens with one attached hydrogen (secondary N) is 1. The van der Waals surface area contributed by atoms with Crippen LogP contribution in [-0.2, 0) is 11.3 Å². The van der Waals surface area contributed by atoms with Gasteiger partial charge in [0.05, 0.1) is 18.6 Å². The first-order valence-electron chi connectivity index (χ1n) is 9.71. The van der Waals surface area contributed by atoms with Gasteiger partial charge < -0.3 is 15.0 Å². The number of anilines is 1. The van der Waals surface area contributed by atoms with Crippen LogP contribution >= 0.6 is 0 Å². The highest BCUT2D eigenvalue weighted by atomic mass is 16.3. The maximum atomic E-state index is 12.2. The molecule has 0 spiro atoms. The van der Waals surface area contributed by atoms with Crippen LogP contribution in [0.4, 0.5) is 11.4 Å². The molecule has 2 N–H and O–H groups in total. The standard InChI is InChI=1S/C24H22N4O2/c1-17-11-13-19(14-12-17)25-15-22(29)26-27-23-20-9-5-6-10-21(20)28(24(23)30)16-18-7-3-2-4-8-18/h2-14,25,30H,15-16H2,1H3. The number of benzene rings is 3. The average molecular weight is 398 g/mol. The van der Waals surface area contributed by atoms with Crippen LogP contribution in [0.25, 0.3) is 10.9 Å². The summed E-state index contributed by atoms with van der Waals surface area (Å²) in [7, 11) is 0. The summed E-state index contributed by atoms with van der Waals surface area (Å²) in [4.78, 5) is 12.2. The molecule has 0 saturated heterocycles. The monoisotopic (exact) mass is 398 g/mol. The summed E-state index contributed by atoms with van der Waals surface area (Å²) in [6.45, 7) is 2.52. The summed E-state index contributed by atoms with van der Waals surface area (Å²) in [6.07, 6.45) is 0. The van der Waals surface area contributed by atoms with Gasteiger partial charge >= 0.3 is 0 Å². The van der Waals surface area contributed by atoms with Crippen LogP contribution in [0.1, 0.15) is 11.1 Å². The minimum Gasteiger partial charge on any atom is -0.493 e. The maximum Gasteiger partial charge on any atom is 0.283 e. The number of aryl methyl sites for hydroxylation is 1. The Labute approximate surface area is 174 Å². The Morgan fingerprint density at radius 2 is 1.67 bits per heavy atom. The molecule has 30 heavy (non-hydrogen) atoms. The van der Waals surface area contributed by atoms with E-state index in [1.54, 1.807) is 4.57 Å². The lowest BCUT2D eigenvalue weighted by atomic mass is 10.2. The number of nitrogens with zero attached hydrogens (tertiary/aromatic N) is 3. The van der Waals surface area contributed by atoms with Crippen molar-refractivity contribution in [1.82, 2.24) is 4.57 Å². The third kappa shape index (κ3) is 4.22. The molecule has 0 aliphatic heterocycles. The third-order valence-corrected chi connectivity index (χ3v) is 4.86. The van der Waals surface area contributed by atoms with Gasteiger partial charge in [0, 0.05) is 11.1 Å². The highest BCUT2D eigenvalue weighted by Crippen LogP contribution is 2.39. The summed E-state index contributed by atoms with van der Waals surface area (Å²) in [6, 6.07) is 25.1. The van der Waals surface area contributed by atoms with Gasteiger partial charge in [-0.3, -0.25) is 4.79 Å². The number of fused-ring (bicyclic) bond motifs is 1. The van der Waals surface area contributed by atoms with E-state index in [0.717, 1.165) is 27.7 Å². The van der Waals surface area contributed by atoms with Crippen LogP contribution < -0.4 is 5.32 Å². The van der Waals surface area contributed by atoms with E-state index in [9.17, 15) is 9.90 Å². The van der Waals surface area contributed by atoms with Gasteiger partial charge in [0.25, 0.3) is 5.91 Å². The first-order chi connectivity index (χ1) is 14.6. The van der Waals surface area contributed by atoms with Gasteiger partial charge in [-0.15, -0.1) is 10.2 Å².